The van der Waals surface area contributed by atoms with Gasteiger partial charge in [0.05, 0.1) is 6.54 Å². The minimum absolute atomic E-state index is 0.123. The molecule has 5 nitrogen and oxygen atoms in total. The number of halogens is 1. The fourth-order valence-electron chi connectivity index (χ4n) is 3.33. The van der Waals surface area contributed by atoms with E-state index in [1.54, 1.807) is 0 Å². The molecule has 0 saturated carbocycles. The molecule has 4 rings (SSSR count). The van der Waals surface area contributed by atoms with Crippen LogP contribution in [0.5, 0.6) is 0 Å². The lowest BCUT2D eigenvalue weighted by Gasteiger charge is -2.17. The largest absolute Gasteiger partial charge is 0.312 e. The van der Waals surface area contributed by atoms with E-state index in [1.807, 2.05) is 54.1 Å². The molecule has 0 aliphatic carbocycles. The predicted molar refractivity (Wildman–Crippen MR) is 110 cm³/mol. The second-order valence-corrected chi connectivity index (χ2v) is 7.64. The van der Waals surface area contributed by atoms with Crippen LogP contribution >= 0.6 is 15.9 Å². The van der Waals surface area contributed by atoms with Gasteiger partial charge in [-0.25, -0.2) is 0 Å². The van der Waals surface area contributed by atoms with Crippen molar-refractivity contribution >= 4 is 27.7 Å². The van der Waals surface area contributed by atoms with Gasteiger partial charge in [0, 0.05) is 28.3 Å². The SMILES string of the molecule is Cc1cc(NC(=O)c2ccc3c(c2)CCNC3)nn1Cc1ccccc1Br. The Morgan fingerprint density at radius 2 is 2.07 bits per heavy atom. The first-order valence-electron chi connectivity index (χ1n) is 9.02. The van der Waals surface area contributed by atoms with Gasteiger partial charge in [0.15, 0.2) is 5.82 Å². The molecule has 3 aromatic rings. The van der Waals surface area contributed by atoms with Crippen LogP contribution in [0.1, 0.15) is 32.7 Å². The Labute approximate surface area is 166 Å². The summed E-state index contributed by atoms with van der Waals surface area (Å²) < 4.78 is 2.95. The number of fused-ring (bicyclic) bond motifs is 1. The summed E-state index contributed by atoms with van der Waals surface area (Å²) in [6, 6.07) is 15.9. The third-order valence-electron chi connectivity index (χ3n) is 4.86. The van der Waals surface area contributed by atoms with Crippen molar-refractivity contribution in [1.29, 1.82) is 0 Å². The van der Waals surface area contributed by atoms with Gasteiger partial charge in [-0.1, -0.05) is 40.2 Å². The minimum Gasteiger partial charge on any atom is -0.312 e. The molecule has 1 aromatic heterocycles. The average molecular weight is 425 g/mol. The maximum Gasteiger partial charge on any atom is 0.256 e. The number of amides is 1. The van der Waals surface area contributed by atoms with Gasteiger partial charge in [0.2, 0.25) is 0 Å². The molecule has 27 heavy (non-hydrogen) atoms. The lowest BCUT2D eigenvalue weighted by molar-refractivity contribution is 0.102. The molecule has 1 aliphatic rings. The molecule has 0 bridgehead atoms. The maximum absolute atomic E-state index is 12.6. The number of aromatic nitrogens is 2. The van der Waals surface area contributed by atoms with Crippen LogP contribution in [-0.4, -0.2) is 22.2 Å². The molecule has 0 saturated heterocycles. The van der Waals surface area contributed by atoms with Crippen LogP contribution in [0.25, 0.3) is 0 Å². The number of nitrogens with one attached hydrogen (secondary N) is 2. The van der Waals surface area contributed by atoms with Gasteiger partial charge in [0.25, 0.3) is 5.91 Å². The zero-order valence-corrected chi connectivity index (χ0v) is 16.7. The van der Waals surface area contributed by atoms with E-state index in [0.29, 0.717) is 17.9 Å². The highest BCUT2D eigenvalue weighted by Gasteiger charge is 2.14. The fraction of sp³-hybridized carbons (Fsp3) is 0.238. The van der Waals surface area contributed by atoms with Gasteiger partial charge >= 0.3 is 0 Å². The third-order valence-corrected chi connectivity index (χ3v) is 5.63. The van der Waals surface area contributed by atoms with Crippen LogP contribution in [0.3, 0.4) is 0 Å². The molecule has 1 amide bonds. The molecular formula is C21H21BrN4O. The van der Waals surface area contributed by atoms with Crippen molar-refractivity contribution in [1.82, 2.24) is 15.1 Å². The van der Waals surface area contributed by atoms with E-state index in [0.717, 1.165) is 35.2 Å². The molecule has 2 aromatic carbocycles. The Morgan fingerprint density at radius 3 is 2.93 bits per heavy atom. The minimum atomic E-state index is -0.123. The van der Waals surface area contributed by atoms with E-state index in [9.17, 15) is 4.79 Å². The molecule has 2 N–H and O–H groups in total. The summed E-state index contributed by atoms with van der Waals surface area (Å²) >= 11 is 3.57. The lowest BCUT2D eigenvalue weighted by atomic mass is 9.98. The molecule has 0 fully saturated rings. The van der Waals surface area contributed by atoms with Crippen molar-refractivity contribution in [2.24, 2.45) is 0 Å². The number of hydrogen-bond donors (Lipinski definition) is 2. The van der Waals surface area contributed by atoms with Gasteiger partial charge in [-0.3, -0.25) is 9.48 Å². The van der Waals surface area contributed by atoms with Crippen molar-refractivity contribution in [3.63, 3.8) is 0 Å². The molecule has 0 atom stereocenters. The summed E-state index contributed by atoms with van der Waals surface area (Å²) in [5.41, 5.74) is 5.33. The van der Waals surface area contributed by atoms with Crippen LogP contribution in [0, 0.1) is 6.92 Å². The summed E-state index contributed by atoms with van der Waals surface area (Å²) in [6.45, 7) is 4.47. The topological polar surface area (TPSA) is 59.0 Å². The quantitative estimate of drug-likeness (QED) is 0.667. The van der Waals surface area contributed by atoms with E-state index >= 15 is 0 Å². The number of hydrogen-bond acceptors (Lipinski definition) is 3. The third kappa shape index (κ3) is 3.96. The van der Waals surface area contributed by atoms with Gasteiger partial charge in [-0.05, 0) is 54.8 Å². The van der Waals surface area contributed by atoms with E-state index in [4.69, 9.17) is 0 Å². The van der Waals surface area contributed by atoms with Crippen molar-refractivity contribution < 1.29 is 4.79 Å². The monoisotopic (exact) mass is 424 g/mol. The number of rotatable bonds is 4. The van der Waals surface area contributed by atoms with Gasteiger partial charge in [0.1, 0.15) is 0 Å². The van der Waals surface area contributed by atoms with Gasteiger partial charge in [-0.2, -0.15) is 5.10 Å². The summed E-state index contributed by atoms with van der Waals surface area (Å²) in [5, 5.41) is 10.8. The highest BCUT2D eigenvalue weighted by Crippen LogP contribution is 2.20. The first-order chi connectivity index (χ1) is 13.1. The molecule has 6 heteroatoms. The number of benzene rings is 2. The molecule has 0 unspecified atom stereocenters. The van der Waals surface area contributed by atoms with Crippen molar-refractivity contribution in [3.8, 4) is 0 Å². The first kappa shape index (κ1) is 17.9. The molecule has 2 heterocycles. The zero-order chi connectivity index (χ0) is 18.8. The number of carbonyl (C=O) groups is 1. The molecule has 0 spiro atoms. The van der Waals surface area contributed by atoms with Crippen LogP contribution < -0.4 is 10.6 Å². The van der Waals surface area contributed by atoms with Crippen LogP contribution in [0.15, 0.2) is 53.0 Å². The normalized spacial score (nSPS) is 13.3. The Kier molecular flexibility index (Phi) is 5.09. The summed E-state index contributed by atoms with van der Waals surface area (Å²) in [4.78, 5) is 12.6. The lowest BCUT2D eigenvalue weighted by Crippen LogP contribution is -2.24. The van der Waals surface area contributed by atoms with Gasteiger partial charge in [-0.15, -0.1) is 0 Å². The average Bonchev–Trinajstić information content (AvgIpc) is 3.02. The molecule has 0 radical (unpaired) electrons. The number of aryl methyl sites for hydroxylation is 1. The Balaban J connectivity index is 1.50. The molecule has 1 aliphatic heterocycles. The van der Waals surface area contributed by atoms with Crippen molar-refractivity contribution in [2.75, 3.05) is 11.9 Å². The van der Waals surface area contributed by atoms with Crippen molar-refractivity contribution in [3.05, 3.63) is 81.0 Å². The standard InChI is InChI=1S/C21H21BrN4O/c1-14-10-20(25-26(14)13-18-4-2-3-5-19(18)22)24-21(27)16-6-7-17-12-23-9-8-15(17)11-16/h2-7,10-11,23H,8-9,12-13H2,1H3,(H,24,25,27). The van der Waals surface area contributed by atoms with E-state index in [-0.39, 0.29) is 5.91 Å². The van der Waals surface area contributed by atoms with E-state index in [1.165, 1.54) is 11.1 Å². The molecular weight excluding hydrogens is 404 g/mol. The molecule has 138 valence electrons. The highest BCUT2D eigenvalue weighted by atomic mass is 79.9. The van der Waals surface area contributed by atoms with Crippen LogP contribution in [0.2, 0.25) is 0 Å². The summed E-state index contributed by atoms with van der Waals surface area (Å²) in [5.74, 6) is 0.450. The van der Waals surface area contributed by atoms with Crippen LogP contribution in [-0.2, 0) is 19.5 Å². The number of carbonyl (C=O) groups excluding carboxylic acids is 1. The Morgan fingerprint density at radius 1 is 1.22 bits per heavy atom. The van der Waals surface area contributed by atoms with E-state index in [2.05, 4.69) is 37.7 Å². The van der Waals surface area contributed by atoms with Crippen LogP contribution in [0.4, 0.5) is 5.82 Å². The Hall–Kier alpha value is -2.44. The summed E-state index contributed by atoms with van der Waals surface area (Å²) in [7, 11) is 0. The second kappa shape index (κ2) is 7.66. The maximum atomic E-state index is 12.6. The highest BCUT2D eigenvalue weighted by molar-refractivity contribution is 9.10. The number of anilines is 1. The Bertz CT molecular complexity index is 996. The number of nitrogens with zero attached hydrogens (tertiary/aromatic N) is 2. The van der Waals surface area contributed by atoms with Crippen molar-refractivity contribution in [2.45, 2.75) is 26.4 Å². The van der Waals surface area contributed by atoms with Gasteiger partial charge < -0.3 is 10.6 Å². The smallest absolute Gasteiger partial charge is 0.256 e. The van der Waals surface area contributed by atoms with E-state index < -0.39 is 0 Å². The zero-order valence-electron chi connectivity index (χ0n) is 15.1. The predicted octanol–water partition coefficient (Wildman–Crippen LogP) is 3.90. The fourth-order valence-corrected chi connectivity index (χ4v) is 3.74. The summed E-state index contributed by atoms with van der Waals surface area (Å²) in [6.07, 6.45) is 0.955. The second-order valence-electron chi connectivity index (χ2n) is 6.78. The first-order valence-corrected chi connectivity index (χ1v) is 9.81.